The fourth-order valence-corrected chi connectivity index (χ4v) is 7.21. The highest BCUT2D eigenvalue weighted by molar-refractivity contribution is 8.27. The van der Waals surface area contributed by atoms with Gasteiger partial charge in [-0.2, -0.15) is 0 Å². The predicted molar refractivity (Wildman–Crippen MR) is 151 cm³/mol. The molecule has 0 aliphatic carbocycles. The minimum atomic E-state index is -1.23. The Morgan fingerprint density at radius 2 is 1.39 bits per heavy atom. The topological polar surface area (TPSA) is 158 Å². The average Bonchev–Trinajstić information content (AvgIpc) is 2.80. The summed E-state index contributed by atoms with van der Waals surface area (Å²) in [5.74, 6) is 2.52. The second-order valence-electron chi connectivity index (χ2n) is 5.51. The van der Waals surface area contributed by atoms with Gasteiger partial charge in [-0.25, -0.2) is 0 Å². The zero-order valence-corrected chi connectivity index (χ0v) is 23.6. The van der Waals surface area contributed by atoms with Crippen molar-refractivity contribution in [3.63, 3.8) is 0 Å². The number of amides is 2. The number of aliphatic hydroxyl groups is 2. The number of aliphatic hydroxyl groups excluding tert-OH is 2. The summed E-state index contributed by atoms with van der Waals surface area (Å²) in [7, 11) is -2.40. The van der Waals surface area contributed by atoms with Gasteiger partial charge in [0, 0.05) is 29.8 Å². The molecule has 0 saturated heterocycles. The van der Waals surface area contributed by atoms with Gasteiger partial charge in [-0.3, -0.25) is 28.0 Å². The molecule has 0 spiro atoms. The summed E-state index contributed by atoms with van der Waals surface area (Å²) in [6.07, 6.45) is 1.06. The van der Waals surface area contributed by atoms with E-state index in [9.17, 15) is 18.0 Å². The largest absolute Gasteiger partial charge is 0.396 e. The first-order valence-electron chi connectivity index (χ1n) is 9.50. The van der Waals surface area contributed by atoms with E-state index in [1.807, 2.05) is 0 Å². The molecule has 4 N–H and O–H groups in total. The van der Waals surface area contributed by atoms with Gasteiger partial charge in [0.25, 0.3) is 10.5 Å². The van der Waals surface area contributed by atoms with E-state index in [0.717, 1.165) is 23.5 Å². The smallest absolute Gasteiger partial charge is 0.280 e. The van der Waals surface area contributed by atoms with Crippen LogP contribution in [0, 0.1) is 0 Å². The Labute approximate surface area is 220 Å². The molecule has 0 aromatic rings. The van der Waals surface area contributed by atoms with Crippen molar-refractivity contribution in [3.05, 3.63) is 0 Å². The molecule has 10 nitrogen and oxygen atoms in total. The van der Waals surface area contributed by atoms with Gasteiger partial charge in [0.15, 0.2) is 0 Å². The van der Waals surface area contributed by atoms with Crippen LogP contribution in [0.3, 0.4) is 0 Å². The maximum Gasteiger partial charge on any atom is 0.280 e. The van der Waals surface area contributed by atoms with E-state index in [0.29, 0.717) is 58.0 Å². The Kier molecular flexibility index (Phi) is 25.5. The fraction of sp³-hybridized carbons (Fsp3) is 0.750. The van der Waals surface area contributed by atoms with E-state index in [1.54, 1.807) is 0 Å². The van der Waals surface area contributed by atoms with E-state index in [2.05, 4.69) is 20.6 Å². The van der Waals surface area contributed by atoms with Crippen molar-refractivity contribution in [1.29, 1.82) is 0 Å². The fourth-order valence-electron chi connectivity index (χ4n) is 1.48. The second kappa shape index (κ2) is 25.3. The lowest BCUT2D eigenvalue weighted by Gasteiger charge is -2.03. The van der Waals surface area contributed by atoms with Gasteiger partial charge < -0.3 is 20.8 Å². The lowest BCUT2D eigenvalue weighted by atomic mass is 10.5. The van der Waals surface area contributed by atoms with Gasteiger partial charge in [0.1, 0.15) is 0 Å². The van der Waals surface area contributed by atoms with Gasteiger partial charge in [-0.05, 0) is 12.8 Å². The van der Waals surface area contributed by atoms with Gasteiger partial charge in [0.05, 0.1) is 61.3 Å². The monoisotopic (exact) mass is 598 g/mol. The second-order valence-corrected chi connectivity index (χ2v) is 13.8. The van der Waals surface area contributed by atoms with Crippen molar-refractivity contribution in [1.82, 2.24) is 10.6 Å². The standard InChI is InChI=1S/C16H30N4O6S7/c21-3-1-5-30-15(23)19-9-28-8-18-12-33(26)14-29-13-31-16(24)20-10-27-7-17-11-32(25)6-2-4-22/h11-12,21-22H,1-10,13-14H2,(H,19,23)(H,20,24)/b17-11-,18-12-. The number of rotatable bonds is 20. The van der Waals surface area contributed by atoms with Gasteiger partial charge in [0.2, 0.25) is 0 Å². The number of aliphatic imine (C=N–C) groups is 2. The number of thioether (sulfide) groups is 5. The lowest BCUT2D eigenvalue weighted by molar-refractivity contribution is 0.261. The zero-order chi connectivity index (χ0) is 24.6. The molecule has 17 heteroatoms. The van der Waals surface area contributed by atoms with Gasteiger partial charge >= 0.3 is 0 Å². The van der Waals surface area contributed by atoms with Crippen molar-refractivity contribution >= 4 is 102 Å². The molecule has 0 aromatic heterocycles. The molecule has 192 valence electrons. The maximum absolute atomic E-state index is 11.8. The number of hydrogen-bond donors (Lipinski definition) is 4. The maximum atomic E-state index is 11.8. The molecule has 2 amide bonds. The van der Waals surface area contributed by atoms with Crippen LogP contribution in [0.1, 0.15) is 12.8 Å². The molecular weight excluding hydrogens is 569 g/mol. The molecule has 0 aromatic carbocycles. The van der Waals surface area contributed by atoms with Crippen LogP contribution in [-0.2, 0) is 21.6 Å². The van der Waals surface area contributed by atoms with Crippen LogP contribution < -0.4 is 10.6 Å². The molecule has 0 saturated carbocycles. The SMILES string of the molecule is O=C(NCSC/N=C\S(=O)CSCSC(=O)NCSC/N=C\S(=O)CCCO)SCCCO. The number of hydrogen-bond acceptors (Lipinski definition) is 13. The number of carbonyl (C=O) groups is 2. The quantitative estimate of drug-likeness (QED) is 0.0704. The first-order chi connectivity index (χ1) is 16.0. The summed E-state index contributed by atoms with van der Waals surface area (Å²) in [6.45, 7) is 0.0779. The van der Waals surface area contributed by atoms with E-state index in [1.165, 1.54) is 46.4 Å². The number of nitrogens with one attached hydrogen (secondary N) is 2. The molecule has 0 radical (unpaired) electrons. The highest BCUT2D eigenvalue weighted by Crippen LogP contribution is 2.14. The van der Waals surface area contributed by atoms with Crippen molar-refractivity contribution in [2.75, 3.05) is 58.4 Å². The van der Waals surface area contributed by atoms with Crippen LogP contribution >= 0.6 is 58.8 Å². The first-order valence-corrected chi connectivity index (χ1v) is 17.7. The summed E-state index contributed by atoms with van der Waals surface area (Å²) in [5.41, 5.74) is 2.73. The summed E-state index contributed by atoms with van der Waals surface area (Å²) in [4.78, 5) is 31.2. The molecule has 0 bridgehead atoms. The molecule has 2 atom stereocenters. The lowest BCUT2D eigenvalue weighted by Crippen LogP contribution is -2.18. The Hall–Kier alpha value is 0.250. The third-order valence-electron chi connectivity index (χ3n) is 2.87. The van der Waals surface area contributed by atoms with Crippen molar-refractivity contribution in [2.45, 2.75) is 12.8 Å². The summed E-state index contributed by atoms with van der Waals surface area (Å²) >= 11 is 6.35. The Morgan fingerprint density at radius 3 is 2.00 bits per heavy atom. The normalized spacial score (nSPS) is 13.4. The summed E-state index contributed by atoms with van der Waals surface area (Å²) in [6, 6.07) is 0. The van der Waals surface area contributed by atoms with E-state index >= 15 is 0 Å². The third kappa shape index (κ3) is 25.2. The molecule has 0 aliphatic rings. The van der Waals surface area contributed by atoms with Crippen molar-refractivity contribution in [2.24, 2.45) is 9.98 Å². The molecular formula is C16H30N4O6S7. The zero-order valence-electron chi connectivity index (χ0n) is 17.9. The van der Waals surface area contributed by atoms with E-state index < -0.39 is 21.6 Å². The molecule has 0 aliphatic heterocycles. The average molecular weight is 599 g/mol. The molecule has 33 heavy (non-hydrogen) atoms. The molecule has 0 fully saturated rings. The van der Waals surface area contributed by atoms with Crippen LogP contribution in [0.25, 0.3) is 0 Å². The van der Waals surface area contributed by atoms with Gasteiger partial charge in [-0.15, -0.1) is 35.3 Å². The highest BCUT2D eigenvalue weighted by atomic mass is 32.2. The highest BCUT2D eigenvalue weighted by Gasteiger charge is 2.03. The first kappa shape index (κ1) is 33.2. The Bertz CT molecular complexity index is 642. The number of carbonyl (C=O) groups excluding carboxylic acids is 2. The number of nitrogens with zero attached hydrogens (tertiary/aromatic N) is 2. The summed E-state index contributed by atoms with van der Waals surface area (Å²) in [5, 5.41) is 23.2. The Morgan fingerprint density at radius 1 is 0.818 bits per heavy atom. The molecule has 0 rings (SSSR count). The van der Waals surface area contributed by atoms with Crippen LogP contribution in [0.4, 0.5) is 9.59 Å². The molecule has 0 heterocycles. The van der Waals surface area contributed by atoms with Crippen molar-refractivity contribution < 1.29 is 28.2 Å². The van der Waals surface area contributed by atoms with Crippen molar-refractivity contribution in [3.8, 4) is 0 Å². The minimum Gasteiger partial charge on any atom is -0.396 e. The van der Waals surface area contributed by atoms with Gasteiger partial charge in [-0.1, -0.05) is 23.5 Å². The molecule has 2 unspecified atom stereocenters. The van der Waals surface area contributed by atoms with E-state index in [4.69, 9.17) is 10.2 Å². The predicted octanol–water partition coefficient (Wildman–Crippen LogP) is 2.14. The third-order valence-corrected chi connectivity index (χ3v) is 9.72. The van der Waals surface area contributed by atoms with Crippen LogP contribution in [-0.4, -0.2) is 98.6 Å². The summed E-state index contributed by atoms with van der Waals surface area (Å²) < 4.78 is 23.2. The Balaban J connectivity index is 3.59. The van der Waals surface area contributed by atoms with Crippen LogP contribution in [0.2, 0.25) is 0 Å². The minimum absolute atomic E-state index is 0.00851. The van der Waals surface area contributed by atoms with Crippen LogP contribution in [0.15, 0.2) is 9.98 Å². The van der Waals surface area contributed by atoms with E-state index in [-0.39, 0.29) is 23.7 Å². The van der Waals surface area contributed by atoms with Crippen LogP contribution in [0.5, 0.6) is 0 Å².